The lowest BCUT2D eigenvalue weighted by atomic mass is 10.0. The van der Waals surface area contributed by atoms with E-state index in [4.69, 9.17) is 9.47 Å². The molecule has 3 rings (SSSR count). The summed E-state index contributed by atoms with van der Waals surface area (Å²) in [6, 6.07) is 14.0. The molecule has 0 saturated carbocycles. The van der Waals surface area contributed by atoms with E-state index in [1.807, 2.05) is 30.0 Å². The number of fused-ring (bicyclic) bond motifs is 1. The Morgan fingerprint density at radius 3 is 2.86 bits per heavy atom. The highest BCUT2D eigenvalue weighted by Gasteiger charge is 2.24. The number of rotatable bonds is 5. The number of aliphatic hydroxyl groups is 1. The second kappa shape index (κ2) is 6.41. The topological polar surface area (TPSA) is 38.7 Å². The quantitative estimate of drug-likeness (QED) is 0.918. The van der Waals surface area contributed by atoms with Gasteiger partial charge in [-0.15, -0.1) is 11.8 Å². The Bertz CT molecular complexity index is 605. The summed E-state index contributed by atoms with van der Waals surface area (Å²) in [4.78, 5) is 1.34. The lowest BCUT2D eigenvalue weighted by Gasteiger charge is -2.17. The van der Waals surface area contributed by atoms with Crippen LogP contribution in [0.5, 0.6) is 11.5 Å². The molecule has 0 radical (unpaired) electrons. The maximum Gasteiger partial charge on any atom is 0.166 e. The van der Waals surface area contributed by atoms with Crippen molar-refractivity contribution in [2.45, 2.75) is 17.4 Å². The minimum atomic E-state index is -0.0530. The van der Waals surface area contributed by atoms with Crippen LogP contribution in [0.2, 0.25) is 0 Å². The van der Waals surface area contributed by atoms with Crippen LogP contribution in [-0.4, -0.2) is 24.6 Å². The van der Waals surface area contributed by atoms with E-state index in [2.05, 4.69) is 24.3 Å². The SMILES string of the molecule is COc1cccc(CO)c1OCC1CSc2ccccc21. The number of methoxy groups -OCH3 is 1. The molecule has 1 aliphatic rings. The molecular weight excluding hydrogens is 284 g/mol. The molecule has 2 aromatic carbocycles. The van der Waals surface area contributed by atoms with Gasteiger partial charge in [0.2, 0.25) is 0 Å². The first kappa shape index (κ1) is 14.3. The molecular formula is C17H18O3S. The van der Waals surface area contributed by atoms with Gasteiger partial charge in [-0.2, -0.15) is 0 Å². The van der Waals surface area contributed by atoms with Crippen LogP contribution in [0, 0.1) is 0 Å². The molecule has 110 valence electrons. The zero-order valence-electron chi connectivity index (χ0n) is 11.9. The van der Waals surface area contributed by atoms with Crippen molar-refractivity contribution >= 4 is 11.8 Å². The summed E-state index contributed by atoms with van der Waals surface area (Å²) >= 11 is 1.87. The van der Waals surface area contributed by atoms with Crippen LogP contribution in [0.25, 0.3) is 0 Å². The van der Waals surface area contributed by atoms with Gasteiger partial charge >= 0.3 is 0 Å². The summed E-state index contributed by atoms with van der Waals surface area (Å²) in [6.45, 7) is 0.542. The maximum atomic E-state index is 9.45. The summed E-state index contributed by atoms with van der Waals surface area (Å²) in [5, 5.41) is 9.45. The van der Waals surface area contributed by atoms with E-state index < -0.39 is 0 Å². The highest BCUT2D eigenvalue weighted by atomic mass is 32.2. The van der Waals surface area contributed by atoms with E-state index in [1.54, 1.807) is 7.11 Å². The van der Waals surface area contributed by atoms with Gasteiger partial charge in [-0.05, 0) is 17.7 Å². The van der Waals surface area contributed by atoms with Gasteiger partial charge in [0.15, 0.2) is 11.5 Å². The van der Waals surface area contributed by atoms with Crippen molar-refractivity contribution < 1.29 is 14.6 Å². The monoisotopic (exact) mass is 302 g/mol. The molecule has 21 heavy (non-hydrogen) atoms. The number of hydrogen-bond donors (Lipinski definition) is 1. The summed E-state index contributed by atoms with van der Waals surface area (Å²) in [7, 11) is 1.62. The van der Waals surface area contributed by atoms with Gasteiger partial charge in [-0.1, -0.05) is 30.3 Å². The normalized spacial score (nSPS) is 16.6. The third-order valence-electron chi connectivity index (χ3n) is 3.68. The largest absolute Gasteiger partial charge is 0.493 e. The molecule has 0 saturated heterocycles. The molecule has 0 aromatic heterocycles. The van der Waals surface area contributed by atoms with Crippen molar-refractivity contribution in [1.82, 2.24) is 0 Å². The van der Waals surface area contributed by atoms with Crippen molar-refractivity contribution in [3.05, 3.63) is 53.6 Å². The lowest BCUT2D eigenvalue weighted by molar-refractivity contribution is 0.248. The van der Waals surface area contributed by atoms with Crippen LogP contribution in [0.4, 0.5) is 0 Å². The van der Waals surface area contributed by atoms with E-state index in [1.165, 1.54) is 10.5 Å². The standard InChI is InChI=1S/C17H18O3S/c1-19-15-7-4-5-12(9-18)17(15)20-10-13-11-21-16-8-3-2-6-14(13)16/h2-8,13,18H,9-11H2,1H3. The Labute approximate surface area is 128 Å². The molecule has 1 unspecified atom stereocenters. The fourth-order valence-corrected chi connectivity index (χ4v) is 3.79. The molecule has 0 spiro atoms. The summed E-state index contributed by atoms with van der Waals surface area (Å²) < 4.78 is 11.3. The second-order valence-electron chi connectivity index (χ2n) is 4.96. The third-order valence-corrected chi connectivity index (χ3v) is 4.93. The number of hydrogen-bond acceptors (Lipinski definition) is 4. The molecule has 1 aliphatic heterocycles. The fraction of sp³-hybridized carbons (Fsp3) is 0.294. The van der Waals surface area contributed by atoms with Crippen molar-refractivity contribution in [2.75, 3.05) is 19.5 Å². The smallest absolute Gasteiger partial charge is 0.166 e. The lowest BCUT2D eigenvalue weighted by Crippen LogP contribution is -2.11. The zero-order chi connectivity index (χ0) is 14.7. The summed E-state index contributed by atoms with van der Waals surface area (Å²) in [6.07, 6.45) is 0. The Balaban J connectivity index is 1.77. The van der Waals surface area contributed by atoms with E-state index in [0.29, 0.717) is 24.0 Å². The van der Waals surface area contributed by atoms with Gasteiger partial charge < -0.3 is 14.6 Å². The zero-order valence-corrected chi connectivity index (χ0v) is 12.7. The van der Waals surface area contributed by atoms with Crippen molar-refractivity contribution in [2.24, 2.45) is 0 Å². The van der Waals surface area contributed by atoms with E-state index in [0.717, 1.165) is 11.3 Å². The molecule has 2 aromatic rings. The van der Waals surface area contributed by atoms with Crippen LogP contribution in [0.3, 0.4) is 0 Å². The molecule has 4 heteroatoms. The van der Waals surface area contributed by atoms with Crippen LogP contribution < -0.4 is 9.47 Å². The van der Waals surface area contributed by atoms with Crippen molar-refractivity contribution in [3.63, 3.8) is 0 Å². The first-order valence-corrected chi connectivity index (χ1v) is 7.93. The molecule has 0 fully saturated rings. The third kappa shape index (κ3) is 2.87. The molecule has 0 bridgehead atoms. The Hall–Kier alpha value is -1.65. The Kier molecular flexibility index (Phi) is 4.36. The molecule has 0 amide bonds. The van der Waals surface area contributed by atoms with Crippen molar-refractivity contribution in [3.8, 4) is 11.5 Å². The van der Waals surface area contributed by atoms with Gasteiger partial charge in [-0.25, -0.2) is 0 Å². The van der Waals surface area contributed by atoms with Crippen LogP contribution >= 0.6 is 11.8 Å². The van der Waals surface area contributed by atoms with E-state index >= 15 is 0 Å². The average Bonchev–Trinajstić information content (AvgIpc) is 2.95. The van der Waals surface area contributed by atoms with Gasteiger partial charge in [-0.3, -0.25) is 0 Å². The Morgan fingerprint density at radius 2 is 2.05 bits per heavy atom. The maximum absolute atomic E-state index is 9.45. The highest BCUT2D eigenvalue weighted by molar-refractivity contribution is 7.99. The first-order chi connectivity index (χ1) is 10.3. The summed E-state index contributed by atoms with van der Waals surface area (Å²) in [5.41, 5.74) is 2.11. The number of aliphatic hydroxyl groups excluding tert-OH is 1. The van der Waals surface area contributed by atoms with Gasteiger partial charge in [0.25, 0.3) is 0 Å². The molecule has 1 heterocycles. The van der Waals surface area contributed by atoms with Crippen molar-refractivity contribution in [1.29, 1.82) is 0 Å². The summed E-state index contributed by atoms with van der Waals surface area (Å²) in [5.74, 6) is 2.73. The van der Waals surface area contributed by atoms with E-state index in [-0.39, 0.29) is 6.61 Å². The number of ether oxygens (including phenoxy) is 2. The minimum Gasteiger partial charge on any atom is -0.493 e. The minimum absolute atomic E-state index is 0.0530. The number of thioether (sulfide) groups is 1. The molecule has 3 nitrogen and oxygen atoms in total. The van der Waals surface area contributed by atoms with Gasteiger partial charge in [0.1, 0.15) is 0 Å². The average molecular weight is 302 g/mol. The van der Waals surface area contributed by atoms with Gasteiger partial charge in [0, 0.05) is 22.1 Å². The predicted octanol–water partition coefficient (Wildman–Crippen LogP) is 3.46. The number of para-hydroxylation sites is 1. The first-order valence-electron chi connectivity index (χ1n) is 6.94. The molecule has 1 N–H and O–H groups in total. The van der Waals surface area contributed by atoms with Crippen LogP contribution in [0.15, 0.2) is 47.4 Å². The van der Waals surface area contributed by atoms with Gasteiger partial charge in [0.05, 0.1) is 20.3 Å². The molecule has 0 aliphatic carbocycles. The van der Waals surface area contributed by atoms with Crippen LogP contribution in [-0.2, 0) is 6.61 Å². The molecule has 1 atom stereocenters. The Morgan fingerprint density at radius 1 is 1.19 bits per heavy atom. The predicted molar refractivity (Wildman–Crippen MR) is 84.3 cm³/mol. The fourth-order valence-electron chi connectivity index (χ4n) is 2.56. The second-order valence-corrected chi connectivity index (χ2v) is 6.03. The van der Waals surface area contributed by atoms with E-state index in [9.17, 15) is 5.11 Å². The van der Waals surface area contributed by atoms with Crippen LogP contribution in [0.1, 0.15) is 17.0 Å². The highest BCUT2D eigenvalue weighted by Crippen LogP contribution is 2.40. The number of benzene rings is 2.